The van der Waals surface area contributed by atoms with Gasteiger partial charge >= 0.3 is 0 Å². The van der Waals surface area contributed by atoms with Crippen molar-refractivity contribution in [2.45, 2.75) is 64.7 Å². The van der Waals surface area contributed by atoms with Crippen LogP contribution in [0.15, 0.2) is 6.20 Å². The van der Waals surface area contributed by atoms with E-state index in [9.17, 15) is 4.79 Å². The van der Waals surface area contributed by atoms with Crippen LogP contribution < -0.4 is 10.6 Å². The van der Waals surface area contributed by atoms with Crippen LogP contribution in [0.4, 0.5) is 0 Å². The van der Waals surface area contributed by atoms with Gasteiger partial charge in [0.15, 0.2) is 0 Å². The Bertz CT molecular complexity index is 426. The van der Waals surface area contributed by atoms with Crippen LogP contribution in [-0.2, 0) is 11.3 Å². The van der Waals surface area contributed by atoms with Crippen molar-refractivity contribution in [1.29, 1.82) is 0 Å². The van der Waals surface area contributed by atoms with Gasteiger partial charge in [0.1, 0.15) is 6.04 Å². The number of hydrogen-bond acceptors (Lipinski definition) is 4. The van der Waals surface area contributed by atoms with E-state index >= 15 is 0 Å². The molecular weight excluding hydrogens is 242 g/mol. The largest absolute Gasteiger partial charge is 0.352 e. The monoisotopic (exact) mass is 265 g/mol. The average molecular weight is 265 g/mol. The summed E-state index contributed by atoms with van der Waals surface area (Å²) < 4.78 is 1.63. The van der Waals surface area contributed by atoms with E-state index in [1.165, 1.54) is 12.8 Å². The minimum Gasteiger partial charge on any atom is -0.352 e. The molecule has 0 bridgehead atoms. The molecule has 0 aromatic carbocycles. The van der Waals surface area contributed by atoms with Crippen LogP contribution in [0.2, 0.25) is 0 Å². The van der Waals surface area contributed by atoms with Crippen LogP contribution in [0.1, 0.15) is 51.8 Å². The van der Waals surface area contributed by atoms with Gasteiger partial charge in [-0.3, -0.25) is 4.79 Å². The van der Waals surface area contributed by atoms with Crippen LogP contribution in [-0.4, -0.2) is 33.0 Å². The first-order valence-corrected chi connectivity index (χ1v) is 7.04. The lowest BCUT2D eigenvalue weighted by molar-refractivity contribution is -0.124. The molecule has 1 aliphatic carbocycles. The van der Waals surface area contributed by atoms with E-state index in [1.807, 2.05) is 27.0 Å². The summed E-state index contributed by atoms with van der Waals surface area (Å²) in [6.45, 7) is 6.61. The molecule has 0 spiro atoms. The highest BCUT2D eigenvalue weighted by atomic mass is 16.2. The Morgan fingerprint density at radius 1 is 1.53 bits per heavy atom. The molecule has 1 fully saturated rings. The number of nitrogens with zero attached hydrogens (tertiary/aromatic N) is 3. The molecule has 2 unspecified atom stereocenters. The molecule has 1 heterocycles. The van der Waals surface area contributed by atoms with E-state index in [0.717, 1.165) is 18.7 Å². The van der Waals surface area contributed by atoms with Gasteiger partial charge in [-0.15, -0.1) is 5.10 Å². The van der Waals surface area contributed by atoms with E-state index in [1.54, 1.807) is 4.68 Å². The number of carbonyl (C=O) groups is 1. The van der Waals surface area contributed by atoms with Crippen molar-refractivity contribution >= 4 is 5.91 Å². The van der Waals surface area contributed by atoms with Crippen LogP contribution in [0, 0.1) is 0 Å². The quantitative estimate of drug-likeness (QED) is 0.771. The molecule has 1 aromatic rings. The average Bonchev–Trinajstić information content (AvgIpc) is 3.12. The van der Waals surface area contributed by atoms with Crippen molar-refractivity contribution in [2.75, 3.05) is 0 Å². The smallest absolute Gasteiger partial charge is 0.244 e. The molecule has 1 aliphatic rings. The highest BCUT2D eigenvalue weighted by Crippen LogP contribution is 2.19. The van der Waals surface area contributed by atoms with Gasteiger partial charge < -0.3 is 10.6 Å². The molecule has 0 saturated heterocycles. The molecule has 19 heavy (non-hydrogen) atoms. The van der Waals surface area contributed by atoms with E-state index < -0.39 is 0 Å². The van der Waals surface area contributed by atoms with Gasteiger partial charge in [0.05, 0.1) is 11.9 Å². The number of aromatic nitrogens is 3. The van der Waals surface area contributed by atoms with Crippen molar-refractivity contribution in [3.05, 3.63) is 11.9 Å². The molecule has 0 radical (unpaired) electrons. The summed E-state index contributed by atoms with van der Waals surface area (Å²) in [6, 6.07) is 0.516. The molecular formula is C13H23N5O. The molecule has 2 N–H and O–H groups in total. The van der Waals surface area contributed by atoms with Gasteiger partial charge in [0.2, 0.25) is 5.91 Å². The second kappa shape index (κ2) is 6.14. The molecule has 1 saturated carbocycles. The number of hydrogen-bond donors (Lipinski definition) is 2. The van der Waals surface area contributed by atoms with Crippen molar-refractivity contribution < 1.29 is 4.79 Å². The first-order chi connectivity index (χ1) is 9.10. The third-order valence-electron chi connectivity index (χ3n) is 3.48. The Balaban J connectivity index is 1.86. The zero-order valence-corrected chi connectivity index (χ0v) is 11.9. The summed E-state index contributed by atoms with van der Waals surface area (Å²) in [5.74, 6) is -0.0130. The molecule has 2 rings (SSSR count). The highest BCUT2D eigenvalue weighted by molar-refractivity contribution is 5.79. The van der Waals surface area contributed by atoms with Gasteiger partial charge in [-0.2, -0.15) is 0 Å². The fourth-order valence-electron chi connectivity index (χ4n) is 1.71. The van der Waals surface area contributed by atoms with Crippen molar-refractivity contribution in [1.82, 2.24) is 25.6 Å². The van der Waals surface area contributed by atoms with Gasteiger partial charge in [-0.05, 0) is 33.1 Å². The maximum atomic E-state index is 12.0. The number of nitrogens with one attached hydrogen (secondary N) is 2. The first-order valence-electron chi connectivity index (χ1n) is 7.04. The summed E-state index contributed by atoms with van der Waals surface area (Å²) in [5, 5.41) is 14.5. The summed E-state index contributed by atoms with van der Waals surface area (Å²) >= 11 is 0. The minimum atomic E-state index is -0.323. The predicted octanol–water partition coefficient (Wildman–Crippen LogP) is 1.01. The fraction of sp³-hybridized carbons (Fsp3) is 0.769. The maximum Gasteiger partial charge on any atom is 0.244 e. The van der Waals surface area contributed by atoms with Gasteiger partial charge in [0, 0.05) is 18.6 Å². The predicted molar refractivity (Wildman–Crippen MR) is 72.5 cm³/mol. The lowest BCUT2D eigenvalue weighted by Gasteiger charge is -2.15. The first kappa shape index (κ1) is 14.0. The van der Waals surface area contributed by atoms with E-state index in [-0.39, 0.29) is 18.0 Å². The van der Waals surface area contributed by atoms with Crippen LogP contribution in [0.25, 0.3) is 0 Å². The second-order valence-corrected chi connectivity index (χ2v) is 5.34. The molecule has 1 aromatic heterocycles. The maximum absolute atomic E-state index is 12.0. The van der Waals surface area contributed by atoms with Crippen LogP contribution in [0.5, 0.6) is 0 Å². The standard InChI is InChI=1S/C13H23N5O/c1-4-9(2)15-13(19)10(3)18-8-12(16-17-18)7-14-11-5-6-11/h8-11,14H,4-7H2,1-3H3,(H,15,19). The Hall–Kier alpha value is -1.43. The van der Waals surface area contributed by atoms with Gasteiger partial charge in [-0.1, -0.05) is 12.1 Å². The van der Waals surface area contributed by atoms with Crippen LogP contribution in [0.3, 0.4) is 0 Å². The zero-order chi connectivity index (χ0) is 13.8. The lowest BCUT2D eigenvalue weighted by atomic mass is 10.2. The molecule has 2 atom stereocenters. The van der Waals surface area contributed by atoms with Crippen LogP contribution >= 0.6 is 0 Å². The van der Waals surface area contributed by atoms with Crippen molar-refractivity contribution in [2.24, 2.45) is 0 Å². The Labute approximate surface area is 113 Å². The van der Waals surface area contributed by atoms with Crippen molar-refractivity contribution in [3.8, 4) is 0 Å². The summed E-state index contributed by atoms with van der Waals surface area (Å²) in [5.41, 5.74) is 0.884. The molecule has 0 aliphatic heterocycles. The third kappa shape index (κ3) is 4.02. The Morgan fingerprint density at radius 2 is 2.26 bits per heavy atom. The molecule has 1 amide bonds. The normalized spacial score (nSPS) is 18.1. The summed E-state index contributed by atoms with van der Waals surface area (Å²) in [7, 11) is 0. The highest BCUT2D eigenvalue weighted by Gasteiger charge is 2.21. The topological polar surface area (TPSA) is 71.8 Å². The second-order valence-electron chi connectivity index (χ2n) is 5.34. The fourth-order valence-corrected chi connectivity index (χ4v) is 1.71. The van der Waals surface area contributed by atoms with E-state index in [4.69, 9.17) is 0 Å². The molecule has 6 heteroatoms. The lowest BCUT2D eigenvalue weighted by Crippen LogP contribution is -2.37. The number of carbonyl (C=O) groups excluding carboxylic acids is 1. The zero-order valence-electron chi connectivity index (χ0n) is 11.9. The number of rotatable bonds is 7. The minimum absolute atomic E-state index is 0.0130. The molecule has 106 valence electrons. The van der Waals surface area contributed by atoms with Gasteiger partial charge in [0.25, 0.3) is 0 Å². The SMILES string of the molecule is CCC(C)NC(=O)C(C)n1cc(CNC2CC2)nn1. The molecule has 6 nitrogen and oxygen atoms in total. The summed E-state index contributed by atoms with van der Waals surface area (Å²) in [6.07, 6.45) is 5.27. The third-order valence-corrected chi connectivity index (χ3v) is 3.48. The van der Waals surface area contributed by atoms with Gasteiger partial charge in [-0.25, -0.2) is 4.68 Å². The summed E-state index contributed by atoms with van der Waals surface area (Å²) in [4.78, 5) is 12.0. The van der Waals surface area contributed by atoms with Crippen molar-refractivity contribution in [3.63, 3.8) is 0 Å². The van der Waals surface area contributed by atoms with E-state index in [2.05, 4.69) is 20.9 Å². The Kier molecular flexibility index (Phi) is 4.52. The van der Waals surface area contributed by atoms with E-state index in [0.29, 0.717) is 6.04 Å². The number of amides is 1. The Morgan fingerprint density at radius 3 is 2.89 bits per heavy atom.